The summed E-state index contributed by atoms with van der Waals surface area (Å²) in [4.78, 5) is 14.4. The molecule has 0 aliphatic heterocycles. The van der Waals surface area contributed by atoms with E-state index in [-0.39, 0.29) is 18.0 Å². The van der Waals surface area contributed by atoms with Crippen molar-refractivity contribution in [3.05, 3.63) is 29.8 Å². The third kappa shape index (κ3) is 5.30. The van der Waals surface area contributed by atoms with E-state index >= 15 is 0 Å². The number of hydrogen-bond donors (Lipinski definition) is 0. The number of unbranched alkanes of at least 4 members (excludes halogenated alkanes) is 1. The summed E-state index contributed by atoms with van der Waals surface area (Å²) in [6.07, 6.45) is 3.46. The van der Waals surface area contributed by atoms with Gasteiger partial charge in [0.05, 0.1) is 11.4 Å². The third-order valence-corrected chi connectivity index (χ3v) is 5.07. The average molecular weight is 376 g/mol. The first kappa shape index (κ1) is 20.4. The fourth-order valence-electron chi connectivity index (χ4n) is 2.99. The second-order valence-corrected chi connectivity index (χ2v) is 7.86. The van der Waals surface area contributed by atoms with Gasteiger partial charge in [0.15, 0.2) is 0 Å². The van der Waals surface area contributed by atoms with Crippen LogP contribution >= 0.6 is 11.8 Å². The van der Waals surface area contributed by atoms with Crippen LogP contribution in [0.5, 0.6) is 0 Å². The van der Waals surface area contributed by atoms with Gasteiger partial charge in [-0.2, -0.15) is 4.68 Å². The largest absolute Gasteiger partial charge is 0.337 e. The van der Waals surface area contributed by atoms with E-state index in [1.54, 1.807) is 4.68 Å². The molecule has 0 fully saturated rings. The van der Waals surface area contributed by atoms with Gasteiger partial charge in [-0.3, -0.25) is 4.79 Å². The summed E-state index contributed by atoms with van der Waals surface area (Å²) in [5, 5.41) is 12.6. The van der Waals surface area contributed by atoms with Crippen LogP contribution in [0, 0.1) is 0 Å². The normalized spacial score (nSPS) is 11.3. The maximum Gasteiger partial charge on any atom is 0.233 e. The fraction of sp³-hybridized carbons (Fsp3) is 0.579. The van der Waals surface area contributed by atoms with E-state index in [2.05, 4.69) is 34.6 Å². The molecule has 0 unspecified atom stereocenters. The highest BCUT2D eigenvalue weighted by Crippen LogP contribution is 2.20. The van der Waals surface area contributed by atoms with Crippen molar-refractivity contribution < 1.29 is 4.79 Å². The first-order valence-electron chi connectivity index (χ1n) is 9.25. The number of nitrogens with zero attached hydrogens (tertiary/aromatic N) is 5. The van der Waals surface area contributed by atoms with Crippen molar-refractivity contribution in [2.75, 3.05) is 5.75 Å². The number of aryl methyl sites for hydroxylation is 1. The molecule has 0 bridgehead atoms. The van der Waals surface area contributed by atoms with Crippen molar-refractivity contribution in [1.29, 1.82) is 0 Å². The van der Waals surface area contributed by atoms with Gasteiger partial charge >= 0.3 is 0 Å². The maximum atomic E-state index is 12.5. The van der Waals surface area contributed by atoms with Gasteiger partial charge in [0, 0.05) is 12.1 Å². The van der Waals surface area contributed by atoms with E-state index < -0.39 is 0 Å². The summed E-state index contributed by atoms with van der Waals surface area (Å²) < 4.78 is 1.69. The highest BCUT2D eigenvalue weighted by molar-refractivity contribution is 7.99. The van der Waals surface area contributed by atoms with Crippen molar-refractivity contribution in [1.82, 2.24) is 25.1 Å². The minimum Gasteiger partial charge on any atom is -0.337 e. The van der Waals surface area contributed by atoms with Gasteiger partial charge in [0.25, 0.3) is 0 Å². The molecular weight excluding hydrogens is 346 g/mol. The monoisotopic (exact) mass is 375 g/mol. The molecule has 1 amide bonds. The van der Waals surface area contributed by atoms with E-state index in [0.717, 1.165) is 12.1 Å². The molecule has 0 radical (unpaired) electrons. The number of carbonyl (C=O) groups excluding carboxylic acids is 1. The Bertz CT molecular complexity index is 688. The molecular formula is C19H29N5OS. The Balaban J connectivity index is 2.05. The van der Waals surface area contributed by atoms with Crippen LogP contribution in [-0.2, 0) is 11.2 Å². The minimum atomic E-state index is 0.101. The Hall–Kier alpha value is -1.89. The number of tetrazole rings is 1. The van der Waals surface area contributed by atoms with Crippen molar-refractivity contribution in [2.24, 2.45) is 0 Å². The molecule has 6 nitrogen and oxygen atoms in total. The SMILES string of the molecule is CCCCc1ccc(-n2nnnc2SCC(=O)N(C(C)C)C(C)C)cc1. The summed E-state index contributed by atoms with van der Waals surface area (Å²) in [6.45, 7) is 10.3. The standard InChI is InChI=1S/C19H29N5OS/c1-6-7-8-16-9-11-17(12-10-16)24-19(20-21-22-24)26-13-18(25)23(14(2)3)15(4)5/h9-12,14-15H,6-8,13H2,1-5H3. The highest BCUT2D eigenvalue weighted by Gasteiger charge is 2.21. The van der Waals surface area contributed by atoms with Gasteiger partial charge in [-0.15, -0.1) is 5.10 Å². The molecule has 0 aliphatic rings. The van der Waals surface area contributed by atoms with E-state index in [4.69, 9.17) is 0 Å². The second-order valence-electron chi connectivity index (χ2n) is 6.92. The second kappa shape index (κ2) is 9.71. The summed E-state index contributed by atoms with van der Waals surface area (Å²) in [6, 6.07) is 8.64. The van der Waals surface area contributed by atoms with Crippen LogP contribution in [0.3, 0.4) is 0 Å². The van der Waals surface area contributed by atoms with Crippen LogP contribution in [0.2, 0.25) is 0 Å². The number of rotatable bonds is 9. The molecule has 0 atom stereocenters. The summed E-state index contributed by atoms with van der Waals surface area (Å²) in [5.41, 5.74) is 2.23. The summed E-state index contributed by atoms with van der Waals surface area (Å²) in [7, 11) is 0. The van der Waals surface area contributed by atoms with Crippen molar-refractivity contribution in [3.63, 3.8) is 0 Å². The molecule has 0 saturated carbocycles. The molecule has 142 valence electrons. The zero-order valence-electron chi connectivity index (χ0n) is 16.3. The zero-order valence-corrected chi connectivity index (χ0v) is 17.2. The van der Waals surface area contributed by atoms with E-state index in [1.165, 1.54) is 30.2 Å². The summed E-state index contributed by atoms with van der Waals surface area (Å²) >= 11 is 1.37. The van der Waals surface area contributed by atoms with Gasteiger partial charge in [-0.1, -0.05) is 37.2 Å². The quantitative estimate of drug-likeness (QED) is 0.625. The Labute approximate surface area is 160 Å². The first-order chi connectivity index (χ1) is 12.4. The number of aromatic nitrogens is 4. The van der Waals surface area contributed by atoms with Crippen molar-refractivity contribution >= 4 is 17.7 Å². The molecule has 7 heteroatoms. The molecule has 0 aliphatic carbocycles. The third-order valence-electron chi connectivity index (χ3n) is 4.17. The Morgan fingerprint density at radius 2 is 1.81 bits per heavy atom. The predicted octanol–water partition coefficient (Wildman–Crippen LogP) is 3.74. The smallest absolute Gasteiger partial charge is 0.233 e. The van der Waals surface area contributed by atoms with Crippen LogP contribution in [0.15, 0.2) is 29.4 Å². The molecule has 26 heavy (non-hydrogen) atoms. The lowest BCUT2D eigenvalue weighted by molar-refractivity contribution is -0.131. The Kier molecular flexibility index (Phi) is 7.63. The van der Waals surface area contributed by atoms with Crippen molar-refractivity contribution in [2.45, 2.75) is 71.1 Å². The molecule has 0 spiro atoms. The minimum absolute atomic E-state index is 0.101. The van der Waals surface area contributed by atoms with Crippen LogP contribution in [-0.4, -0.2) is 48.9 Å². The van der Waals surface area contributed by atoms with Gasteiger partial charge in [-0.25, -0.2) is 0 Å². The lowest BCUT2D eigenvalue weighted by Gasteiger charge is -2.30. The number of carbonyl (C=O) groups is 1. The molecule has 0 N–H and O–H groups in total. The topological polar surface area (TPSA) is 63.9 Å². The van der Waals surface area contributed by atoms with Crippen LogP contribution in [0.25, 0.3) is 5.69 Å². The molecule has 1 heterocycles. The van der Waals surface area contributed by atoms with Crippen LogP contribution < -0.4 is 0 Å². The lowest BCUT2D eigenvalue weighted by Crippen LogP contribution is -2.43. The molecule has 2 aromatic rings. The lowest BCUT2D eigenvalue weighted by atomic mass is 10.1. The predicted molar refractivity (Wildman–Crippen MR) is 106 cm³/mol. The number of hydrogen-bond acceptors (Lipinski definition) is 5. The molecule has 2 rings (SSSR count). The van der Waals surface area contributed by atoms with Crippen molar-refractivity contribution in [3.8, 4) is 5.69 Å². The van der Waals surface area contributed by atoms with Gasteiger partial charge in [0.2, 0.25) is 11.1 Å². The summed E-state index contributed by atoms with van der Waals surface area (Å²) in [5.74, 6) is 0.426. The number of amides is 1. The van der Waals surface area contributed by atoms with E-state index in [0.29, 0.717) is 10.9 Å². The molecule has 1 aromatic carbocycles. The van der Waals surface area contributed by atoms with Gasteiger partial charge in [-0.05, 0) is 68.7 Å². The zero-order chi connectivity index (χ0) is 19.1. The maximum absolute atomic E-state index is 12.5. The van der Waals surface area contributed by atoms with Crippen LogP contribution in [0.4, 0.5) is 0 Å². The molecule has 0 saturated heterocycles. The van der Waals surface area contributed by atoms with E-state index in [1.807, 2.05) is 44.7 Å². The van der Waals surface area contributed by atoms with Gasteiger partial charge in [0.1, 0.15) is 0 Å². The Morgan fingerprint density at radius 3 is 2.38 bits per heavy atom. The first-order valence-corrected chi connectivity index (χ1v) is 10.2. The van der Waals surface area contributed by atoms with Gasteiger partial charge < -0.3 is 4.90 Å². The number of benzene rings is 1. The Morgan fingerprint density at radius 1 is 1.15 bits per heavy atom. The average Bonchev–Trinajstić information content (AvgIpc) is 3.06. The van der Waals surface area contributed by atoms with Crippen LogP contribution in [0.1, 0.15) is 53.0 Å². The fourth-order valence-corrected chi connectivity index (χ4v) is 3.75. The van der Waals surface area contributed by atoms with E-state index in [9.17, 15) is 4.79 Å². The number of thioether (sulfide) groups is 1. The molecule has 1 aromatic heterocycles. The highest BCUT2D eigenvalue weighted by atomic mass is 32.2.